The van der Waals surface area contributed by atoms with Crippen molar-refractivity contribution in [1.29, 1.82) is 0 Å². The highest BCUT2D eigenvalue weighted by molar-refractivity contribution is 8.15. The number of benzene rings is 3. The summed E-state index contributed by atoms with van der Waals surface area (Å²) < 4.78 is 48.2. The zero-order valence-electron chi connectivity index (χ0n) is 22.4. The Balaban J connectivity index is 1.20. The molecule has 0 unspecified atom stereocenters. The molecular weight excluding hydrogens is 603 g/mol. The number of carbonyl (C=O) groups excluding carboxylic acids is 1. The van der Waals surface area contributed by atoms with Crippen molar-refractivity contribution in [1.82, 2.24) is 20.2 Å². The lowest BCUT2D eigenvalue weighted by Gasteiger charge is -2.19. The quantitative estimate of drug-likeness (QED) is 0.154. The van der Waals surface area contributed by atoms with Crippen molar-refractivity contribution in [2.75, 3.05) is 17.3 Å². The number of carbonyl (C=O) groups is 1. The van der Waals surface area contributed by atoms with E-state index in [1.165, 1.54) is 51.9 Å². The van der Waals surface area contributed by atoms with Gasteiger partial charge in [-0.3, -0.25) is 15.1 Å². The average Bonchev–Trinajstić information content (AvgIpc) is 3.61. The molecule has 15 heteroatoms. The van der Waals surface area contributed by atoms with Gasteiger partial charge in [0.05, 0.1) is 29.9 Å². The summed E-state index contributed by atoms with van der Waals surface area (Å²) in [5, 5.41) is 9.04. The molecule has 1 aliphatic rings. The highest BCUT2D eigenvalue weighted by Gasteiger charge is 2.32. The molecule has 0 bridgehead atoms. The van der Waals surface area contributed by atoms with Gasteiger partial charge in [0.2, 0.25) is 11.0 Å². The van der Waals surface area contributed by atoms with Crippen molar-refractivity contribution >= 4 is 52.1 Å². The number of ether oxygens (including phenoxy) is 2. The fourth-order valence-corrected chi connectivity index (χ4v) is 4.98. The third-order valence-electron chi connectivity index (χ3n) is 5.74. The van der Waals surface area contributed by atoms with Crippen molar-refractivity contribution in [3.05, 3.63) is 84.7 Å². The van der Waals surface area contributed by atoms with Crippen molar-refractivity contribution in [3.8, 4) is 28.6 Å². The Morgan fingerprint density at radius 1 is 1.12 bits per heavy atom. The van der Waals surface area contributed by atoms with E-state index in [1.807, 2.05) is 19.1 Å². The van der Waals surface area contributed by atoms with Crippen LogP contribution in [0.1, 0.15) is 12.5 Å². The number of para-hydroxylation sites is 2. The number of thiocarbonyl (C=S) groups is 1. The van der Waals surface area contributed by atoms with Gasteiger partial charge in [0.1, 0.15) is 17.8 Å². The van der Waals surface area contributed by atoms with Gasteiger partial charge >= 0.3 is 6.36 Å². The van der Waals surface area contributed by atoms with Crippen molar-refractivity contribution in [2.45, 2.75) is 13.3 Å². The van der Waals surface area contributed by atoms with Crippen LogP contribution in [0, 0.1) is 0 Å². The number of alkyl halides is 3. The first-order valence-corrected chi connectivity index (χ1v) is 14.1. The van der Waals surface area contributed by atoms with Crippen LogP contribution in [0.5, 0.6) is 11.5 Å². The number of amides is 1. The zero-order chi connectivity index (χ0) is 30.4. The molecule has 5 rings (SSSR count). The first kappa shape index (κ1) is 29.7. The van der Waals surface area contributed by atoms with Crippen LogP contribution < -0.4 is 19.8 Å². The normalized spacial score (nSPS) is 14.5. The van der Waals surface area contributed by atoms with Gasteiger partial charge in [-0.05, 0) is 61.1 Å². The number of thioether (sulfide) groups is 1. The molecule has 1 saturated heterocycles. The summed E-state index contributed by atoms with van der Waals surface area (Å²) in [4.78, 5) is 22.8. The molecule has 1 fully saturated rings. The molecule has 3 aromatic carbocycles. The molecule has 0 radical (unpaired) electrons. The molecule has 1 aliphatic heterocycles. The summed E-state index contributed by atoms with van der Waals surface area (Å²) in [5.41, 5.74) is 5.29. The molecule has 0 saturated carbocycles. The largest absolute Gasteiger partial charge is 0.573 e. The second-order valence-corrected chi connectivity index (χ2v) is 9.99. The Morgan fingerprint density at radius 3 is 2.58 bits per heavy atom. The van der Waals surface area contributed by atoms with Crippen molar-refractivity contribution in [3.63, 3.8) is 0 Å². The van der Waals surface area contributed by atoms with E-state index in [4.69, 9.17) is 17.0 Å². The van der Waals surface area contributed by atoms with Gasteiger partial charge in [0, 0.05) is 5.56 Å². The van der Waals surface area contributed by atoms with E-state index < -0.39 is 6.36 Å². The monoisotopic (exact) mass is 625 g/mol. The number of rotatable bonds is 8. The number of halogens is 3. The fraction of sp³-hybridized carbons (Fsp3) is 0.143. The standard InChI is InChI=1S/C28H22F3N7O3S2/c1-2-40-23-6-4-3-5-22(23)38-24(39)16-43-27(38)34-26(42)35-33-15-18-7-9-19(10-8-18)25-32-17-37(36-25)20-11-13-21(14-12-20)41-28(29,30)31/h3-15,17H,2,16H2,1H3,(H,35,42)/b33-15+,34-27?. The van der Waals surface area contributed by atoms with Gasteiger partial charge in [-0.15, -0.1) is 18.3 Å². The topological polar surface area (TPSA) is 106 Å². The smallest absolute Gasteiger partial charge is 0.492 e. The average molecular weight is 626 g/mol. The molecule has 220 valence electrons. The number of nitrogens with one attached hydrogen (secondary N) is 1. The highest BCUT2D eigenvalue weighted by Crippen LogP contribution is 2.34. The molecule has 0 spiro atoms. The summed E-state index contributed by atoms with van der Waals surface area (Å²) in [6, 6.07) is 19.7. The lowest BCUT2D eigenvalue weighted by Crippen LogP contribution is -2.31. The second kappa shape index (κ2) is 13.0. The van der Waals surface area contributed by atoms with Gasteiger partial charge < -0.3 is 9.47 Å². The summed E-state index contributed by atoms with van der Waals surface area (Å²) in [6.45, 7) is 2.32. The number of aliphatic imine (C=N–C) groups is 1. The van der Waals surface area contributed by atoms with Crippen LogP contribution in [-0.4, -0.2) is 55.9 Å². The van der Waals surface area contributed by atoms with E-state index in [0.717, 1.165) is 11.1 Å². The Morgan fingerprint density at radius 2 is 1.86 bits per heavy atom. The van der Waals surface area contributed by atoms with E-state index in [0.29, 0.717) is 34.7 Å². The molecule has 4 aromatic rings. The van der Waals surface area contributed by atoms with Gasteiger partial charge in [0.25, 0.3) is 0 Å². The number of hydrogen-bond donors (Lipinski definition) is 1. The minimum Gasteiger partial charge on any atom is -0.492 e. The number of anilines is 1. The summed E-state index contributed by atoms with van der Waals surface area (Å²) in [6.07, 6.45) is -1.74. The molecule has 2 heterocycles. The van der Waals surface area contributed by atoms with Crippen LogP contribution >= 0.6 is 24.0 Å². The van der Waals surface area contributed by atoms with E-state index in [-0.39, 0.29) is 22.5 Å². The van der Waals surface area contributed by atoms with Gasteiger partial charge in [-0.25, -0.2) is 9.67 Å². The lowest BCUT2D eigenvalue weighted by atomic mass is 10.1. The van der Waals surface area contributed by atoms with Crippen LogP contribution in [0.25, 0.3) is 17.1 Å². The minimum absolute atomic E-state index is 0.0803. The molecular formula is C28H22F3N7O3S2. The Bertz CT molecular complexity index is 1670. The Labute approximate surface area is 253 Å². The molecule has 43 heavy (non-hydrogen) atoms. The maximum absolute atomic E-state index is 12.6. The van der Waals surface area contributed by atoms with E-state index in [1.54, 1.807) is 42.6 Å². The zero-order valence-corrected chi connectivity index (χ0v) is 24.0. The fourth-order valence-electron chi connectivity index (χ4n) is 3.91. The molecule has 0 atom stereocenters. The number of hydrazone groups is 1. The summed E-state index contributed by atoms with van der Waals surface area (Å²) in [5.74, 6) is 0.774. The third-order valence-corrected chi connectivity index (χ3v) is 6.84. The molecule has 1 aromatic heterocycles. The first-order valence-electron chi connectivity index (χ1n) is 12.7. The van der Waals surface area contributed by atoms with E-state index in [9.17, 15) is 18.0 Å². The predicted octanol–water partition coefficient (Wildman–Crippen LogP) is 5.58. The Kier molecular flexibility index (Phi) is 9.01. The molecule has 1 N–H and O–H groups in total. The first-order chi connectivity index (χ1) is 20.7. The van der Waals surface area contributed by atoms with Crippen LogP contribution in [0.3, 0.4) is 0 Å². The maximum Gasteiger partial charge on any atom is 0.573 e. The SMILES string of the molecule is CCOc1ccccc1N1C(=O)CSC1=NC(=S)N/N=C/c1ccc(-c2ncn(-c3ccc(OC(F)(F)F)cc3)n2)cc1. The number of amidine groups is 1. The van der Waals surface area contributed by atoms with E-state index >= 15 is 0 Å². The molecule has 1 amide bonds. The molecule has 0 aliphatic carbocycles. The predicted molar refractivity (Wildman–Crippen MR) is 162 cm³/mol. The van der Waals surface area contributed by atoms with Gasteiger partial charge in [0.15, 0.2) is 11.0 Å². The van der Waals surface area contributed by atoms with Crippen LogP contribution in [0.2, 0.25) is 0 Å². The van der Waals surface area contributed by atoms with Crippen molar-refractivity contribution < 1.29 is 27.4 Å². The summed E-state index contributed by atoms with van der Waals surface area (Å²) in [7, 11) is 0. The van der Waals surface area contributed by atoms with Crippen LogP contribution in [0.4, 0.5) is 18.9 Å². The van der Waals surface area contributed by atoms with Crippen molar-refractivity contribution in [2.24, 2.45) is 10.1 Å². The van der Waals surface area contributed by atoms with Gasteiger partial charge in [-0.2, -0.15) is 10.1 Å². The van der Waals surface area contributed by atoms with Crippen LogP contribution in [-0.2, 0) is 4.79 Å². The lowest BCUT2D eigenvalue weighted by molar-refractivity contribution is -0.274. The third kappa shape index (κ3) is 7.55. The number of nitrogens with zero attached hydrogens (tertiary/aromatic N) is 6. The van der Waals surface area contributed by atoms with Gasteiger partial charge in [-0.1, -0.05) is 48.2 Å². The van der Waals surface area contributed by atoms with Crippen LogP contribution in [0.15, 0.2) is 89.2 Å². The number of hydrogen-bond acceptors (Lipinski definition) is 8. The minimum atomic E-state index is -4.76. The summed E-state index contributed by atoms with van der Waals surface area (Å²) >= 11 is 6.59. The second-order valence-electron chi connectivity index (χ2n) is 8.66. The number of aromatic nitrogens is 3. The Hall–Kier alpha value is -4.76. The van der Waals surface area contributed by atoms with E-state index in [2.05, 4.69) is 30.3 Å². The highest BCUT2D eigenvalue weighted by atomic mass is 32.2. The maximum atomic E-state index is 12.6. The molecule has 10 nitrogen and oxygen atoms in total.